The van der Waals surface area contributed by atoms with Gasteiger partial charge in [0.15, 0.2) is 10.8 Å². The number of aromatic nitrogens is 4. The van der Waals surface area contributed by atoms with E-state index in [1.807, 2.05) is 13.8 Å². The summed E-state index contributed by atoms with van der Waals surface area (Å²) < 4.78 is 20.4. The van der Waals surface area contributed by atoms with Gasteiger partial charge in [-0.2, -0.15) is 5.10 Å². The van der Waals surface area contributed by atoms with Gasteiger partial charge in [0.1, 0.15) is 11.6 Å². The van der Waals surface area contributed by atoms with Gasteiger partial charge in [0, 0.05) is 25.3 Å². The van der Waals surface area contributed by atoms with Crippen molar-refractivity contribution < 1.29 is 13.9 Å². The molecule has 0 spiro atoms. The molecular weight excluding hydrogens is 407 g/mol. The molecule has 0 aliphatic carbocycles. The van der Waals surface area contributed by atoms with Crippen molar-refractivity contribution in [3.05, 3.63) is 41.8 Å². The molecule has 0 saturated carbocycles. The zero-order valence-corrected chi connectivity index (χ0v) is 17.8. The van der Waals surface area contributed by atoms with Crippen molar-refractivity contribution in [1.29, 1.82) is 0 Å². The molecule has 0 aliphatic heterocycles. The van der Waals surface area contributed by atoms with Gasteiger partial charge < -0.3 is 15.4 Å². The number of nitrogens with zero attached hydrogens (tertiary/aromatic N) is 4. The van der Waals surface area contributed by atoms with Crippen LogP contribution in [0.25, 0.3) is 11.0 Å². The number of anilines is 1. The molecule has 0 unspecified atom stereocenters. The van der Waals surface area contributed by atoms with Crippen molar-refractivity contribution in [3.63, 3.8) is 0 Å². The summed E-state index contributed by atoms with van der Waals surface area (Å²) in [4.78, 5) is 21.4. The lowest BCUT2D eigenvalue weighted by atomic mass is 10.2. The molecule has 3 rings (SSSR count). The Kier molecular flexibility index (Phi) is 7.97. The van der Waals surface area contributed by atoms with Gasteiger partial charge in [-0.3, -0.25) is 4.79 Å². The normalized spacial score (nSPS) is 11.0. The van der Waals surface area contributed by atoms with Crippen LogP contribution in [0.15, 0.2) is 35.6 Å². The summed E-state index contributed by atoms with van der Waals surface area (Å²) >= 11 is 1.55. The maximum Gasteiger partial charge on any atom is 0.251 e. The first-order valence-electron chi connectivity index (χ1n) is 9.84. The minimum Gasteiger partial charge on any atom is -0.380 e. The first-order valence-corrected chi connectivity index (χ1v) is 10.8. The average Bonchev–Trinajstić information content (AvgIpc) is 3.14. The van der Waals surface area contributed by atoms with Crippen molar-refractivity contribution in [2.24, 2.45) is 0 Å². The molecule has 0 atom stereocenters. The molecule has 160 valence electrons. The summed E-state index contributed by atoms with van der Waals surface area (Å²) in [7, 11) is 0. The fourth-order valence-corrected chi connectivity index (χ4v) is 3.39. The Balaban J connectivity index is 1.70. The zero-order valence-electron chi connectivity index (χ0n) is 17.0. The molecule has 2 aromatic heterocycles. The van der Waals surface area contributed by atoms with E-state index in [9.17, 15) is 9.18 Å². The Labute approximate surface area is 178 Å². The molecular formula is C20H25FN6O2S. The molecule has 3 aromatic rings. The van der Waals surface area contributed by atoms with Crippen LogP contribution in [0.3, 0.4) is 0 Å². The van der Waals surface area contributed by atoms with Crippen molar-refractivity contribution in [2.75, 3.05) is 37.4 Å². The van der Waals surface area contributed by atoms with Gasteiger partial charge in [-0.25, -0.2) is 19.0 Å². The lowest BCUT2D eigenvalue weighted by molar-refractivity contribution is 0.0951. The number of halogens is 1. The number of hydrogen-bond acceptors (Lipinski definition) is 7. The summed E-state index contributed by atoms with van der Waals surface area (Å²) in [5.41, 5.74) is 0.977. The summed E-state index contributed by atoms with van der Waals surface area (Å²) in [6.07, 6.45) is 1.72. The third kappa shape index (κ3) is 5.67. The first-order chi connectivity index (χ1) is 14.6. The first kappa shape index (κ1) is 22.0. The smallest absolute Gasteiger partial charge is 0.251 e. The van der Waals surface area contributed by atoms with Gasteiger partial charge in [-0.15, -0.1) is 0 Å². The van der Waals surface area contributed by atoms with E-state index in [2.05, 4.69) is 25.7 Å². The molecule has 0 bridgehead atoms. The lowest BCUT2D eigenvalue weighted by Crippen LogP contribution is -2.27. The molecule has 8 nitrogen and oxygen atoms in total. The molecule has 2 N–H and O–H groups in total. The van der Waals surface area contributed by atoms with Gasteiger partial charge in [-0.05, 0) is 30.9 Å². The molecule has 1 aromatic carbocycles. The van der Waals surface area contributed by atoms with Crippen LogP contribution in [0.4, 0.5) is 10.2 Å². The van der Waals surface area contributed by atoms with Crippen LogP contribution >= 0.6 is 11.8 Å². The summed E-state index contributed by atoms with van der Waals surface area (Å²) in [5.74, 6) is 0.788. The van der Waals surface area contributed by atoms with E-state index in [4.69, 9.17) is 4.74 Å². The van der Waals surface area contributed by atoms with E-state index < -0.39 is 5.82 Å². The quantitative estimate of drug-likeness (QED) is 0.273. The van der Waals surface area contributed by atoms with Crippen LogP contribution in [0, 0.1) is 5.82 Å². The topological polar surface area (TPSA) is 94.0 Å². The third-order valence-corrected chi connectivity index (χ3v) is 4.92. The molecule has 0 fully saturated rings. The van der Waals surface area contributed by atoms with Gasteiger partial charge in [0.05, 0.1) is 24.7 Å². The number of fused-ring (bicyclic) bond motifs is 1. The highest BCUT2D eigenvalue weighted by Crippen LogP contribution is 2.24. The Hall–Kier alpha value is -2.72. The predicted molar refractivity (Wildman–Crippen MR) is 115 cm³/mol. The van der Waals surface area contributed by atoms with Crippen molar-refractivity contribution in [3.8, 4) is 0 Å². The SMILES string of the molecule is CCOCCNc1nc(SCC)nc2c1cnn2CCNC(=O)c1cccc(F)c1. The maximum absolute atomic E-state index is 13.3. The fourth-order valence-electron chi connectivity index (χ4n) is 2.82. The van der Waals surface area contributed by atoms with Crippen molar-refractivity contribution in [2.45, 2.75) is 25.5 Å². The minimum absolute atomic E-state index is 0.282. The maximum atomic E-state index is 13.3. The van der Waals surface area contributed by atoms with Crippen LogP contribution in [0.5, 0.6) is 0 Å². The van der Waals surface area contributed by atoms with Crippen molar-refractivity contribution >= 4 is 34.5 Å². The van der Waals surface area contributed by atoms with E-state index in [1.54, 1.807) is 28.7 Å². The molecule has 2 heterocycles. The number of amides is 1. The van der Waals surface area contributed by atoms with Crippen LogP contribution in [0.2, 0.25) is 0 Å². The highest BCUT2D eigenvalue weighted by atomic mass is 32.2. The van der Waals surface area contributed by atoms with E-state index in [1.165, 1.54) is 18.2 Å². The van der Waals surface area contributed by atoms with Crippen molar-refractivity contribution in [1.82, 2.24) is 25.1 Å². The fraction of sp³-hybridized carbons (Fsp3) is 0.400. The molecule has 0 saturated heterocycles. The molecule has 0 aliphatic rings. The van der Waals surface area contributed by atoms with E-state index in [0.29, 0.717) is 49.5 Å². The van der Waals surface area contributed by atoms with Gasteiger partial charge in [0.25, 0.3) is 5.91 Å². The van der Waals surface area contributed by atoms with E-state index in [0.717, 1.165) is 11.1 Å². The van der Waals surface area contributed by atoms with Gasteiger partial charge in [0.2, 0.25) is 0 Å². The molecule has 1 amide bonds. The highest BCUT2D eigenvalue weighted by molar-refractivity contribution is 7.99. The number of carbonyl (C=O) groups is 1. The van der Waals surface area contributed by atoms with Crippen LogP contribution < -0.4 is 10.6 Å². The molecule has 10 heteroatoms. The number of thioether (sulfide) groups is 1. The zero-order chi connectivity index (χ0) is 21.3. The third-order valence-electron chi connectivity index (χ3n) is 4.19. The van der Waals surface area contributed by atoms with Gasteiger partial charge in [-0.1, -0.05) is 24.8 Å². The minimum atomic E-state index is -0.442. The summed E-state index contributed by atoms with van der Waals surface area (Å²) in [5, 5.41) is 12.0. The van der Waals surface area contributed by atoms with E-state index >= 15 is 0 Å². The standard InChI is InChI=1S/C20H25FN6O2S/c1-3-29-11-9-22-17-16-13-24-27(18(16)26-20(25-17)30-4-2)10-8-23-19(28)14-6-5-7-15(21)12-14/h5-7,12-13H,3-4,8-11H2,1-2H3,(H,23,28)(H,22,25,26). The van der Waals surface area contributed by atoms with E-state index in [-0.39, 0.29) is 11.5 Å². The second-order valence-corrected chi connectivity index (χ2v) is 7.51. The Morgan fingerprint density at radius 2 is 2.13 bits per heavy atom. The average molecular weight is 433 g/mol. The number of ether oxygens (including phenoxy) is 1. The molecule has 0 radical (unpaired) electrons. The largest absolute Gasteiger partial charge is 0.380 e. The van der Waals surface area contributed by atoms with Crippen LogP contribution in [-0.4, -0.2) is 57.7 Å². The Morgan fingerprint density at radius 1 is 1.27 bits per heavy atom. The number of hydrogen-bond donors (Lipinski definition) is 2. The van der Waals surface area contributed by atoms with Crippen LogP contribution in [-0.2, 0) is 11.3 Å². The summed E-state index contributed by atoms with van der Waals surface area (Å²) in [6, 6.07) is 5.59. The Bertz CT molecular complexity index is 997. The second kappa shape index (κ2) is 10.9. The molecule has 30 heavy (non-hydrogen) atoms. The summed E-state index contributed by atoms with van der Waals surface area (Å²) in [6.45, 7) is 6.63. The number of nitrogens with one attached hydrogen (secondary N) is 2. The second-order valence-electron chi connectivity index (χ2n) is 6.28. The van der Waals surface area contributed by atoms with Crippen LogP contribution in [0.1, 0.15) is 24.2 Å². The predicted octanol–water partition coefficient (Wildman–Crippen LogP) is 2.96. The number of rotatable bonds is 11. The number of carbonyl (C=O) groups excluding carboxylic acids is 1. The monoisotopic (exact) mass is 432 g/mol. The lowest BCUT2D eigenvalue weighted by Gasteiger charge is -2.10. The highest BCUT2D eigenvalue weighted by Gasteiger charge is 2.13. The Morgan fingerprint density at radius 3 is 2.90 bits per heavy atom. The number of benzene rings is 1. The van der Waals surface area contributed by atoms with Gasteiger partial charge >= 0.3 is 0 Å².